The number of hydrogen-bond acceptors (Lipinski definition) is 15. The molecule has 0 aliphatic heterocycles. The minimum Gasteiger partial charge on any atom is -0.462 e. The zero-order valence-corrected chi connectivity index (χ0v) is 69.0. The van der Waals surface area contributed by atoms with Crippen LogP contribution in [0, 0.1) is 23.7 Å². The fourth-order valence-corrected chi connectivity index (χ4v) is 14.3. The van der Waals surface area contributed by atoms with Gasteiger partial charge in [0.25, 0.3) is 0 Å². The van der Waals surface area contributed by atoms with E-state index >= 15 is 0 Å². The second-order valence-electron chi connectivity index (χ2n) is 31.5. The molecule has 0 saturated carbocycles. The highest BCUT2D eigenvalue weighted by Crippen LogP contribution is 2.45. The summed E-state index contributed by atoms with van der Waals surface area (Å²) in [5.74, 6) is 1.01. The van der Waals surface area contributed by atoms with Gasteiger partial charge in [0.15, 0.2) is 12.2 Å². The summed E-state index contributed by atoms with van der Waals surface area (Å²) >= 11 is 0. The molecule has 0 aromatic carbocycles. The first kappa shape index (κ1) is 100. The molecule has 606 valence electrons. The van der Waals surface area contributed by atoms with E-state index < -0.39 is 97.5 Å². The van der Waals surface area contributed by atoms with Crippen molar-refractivity contribution in [3.63, 3.8) is 0 Å². The Hall–Kier alpha value is -1.94. The second kappa shape index (κ2) is 72.0. The lowest BCUT2D eigenvalue weighted by atomic mass is 10.00. The number of aliphatic hydroxyl groups is 1. The summed E-state index contributed by atoms with van der Waals surface area (Å²) in [7, 11) is -9.93. The van der Waals surface area contributed by atoms with Crippen LogP contribution in [0.25, 0.3) is 0 Å². The average Bonchev–Trinajstić information content (AvgIpc) is 0.909. The topological polar surface area (TPSA) is 237 Å². The Kier molecular flexibility index (Phi) is 70.6. The van der Waals surface area contributed by atoms with Gasteiger partial charge in [-0.1, -0.05) is 376 Å². The smallest absolute Gasteiger partial charge is 0.462 e. The van der Waals surface area contributed by atoms with Crippen LogP contribution in [0.2, 0.25) is 0 Å². The Morgan fingerprint density at radius 1 is 0.275 bits per heavy atom. The van der Waals surface area contributed by atoms with Crippen LogP contribution in [0.3, 0.4) is 0 Å². The van der Waals surface area contributed by atoms with Gasteiger partial charge in [0.05, 0.1) is 26.4 Å². The number of rotatable bonds is 80. The maximum Gasteiger partial charge on any atom is 0.472 e. The van der Waals surface area contributed by atoms with E-state index in [9.17, 15) is 43.2 Å². The summed E-state index contributed by atoms with van der Waals surface area (Å²) in [4.78, 5) is 73.1. The number of ether oxygens (including phenoxy) is 4. The van der Waals surface area contributed by atoms with Crippen molar-refractivity contribution in [2.24, 2.45) is 23.7 Å². The van der Waals surface area contributed by atoms with Crippen LogP contribution in [0.5, 0.6) is 0 Å². The summed E-state index contributed by atoms with van der Waals surface area (Å²) in [5, 5.41) is 10.7. The standard InChI is InChI=1S/C83H162O17P2/c1-9-76(8)62-54-46-41-42-48-56-64-81(86)94-70-79(100-83(88)66-58-50-40-34-28-20-16-18-24-30-36-44-52-60-74(4)5)72-98-102(91,92)96-68-77(84)67-95-101(89,90)97-71-78(69-93-80(85)63-55-47-38-32-26-22-21-25-31-37-45-53-61-75(6)7)99-82(87)65-57-49-39-33-27-19-15-13-11-10-12-14-17-23-29-35-43-51-59-73(2)3/h73-79,84H,9-72H2,1-8H3,(H,89,90)(H,91,92)/t76?,77-,78-,79-/m1/s1. The molecule has 0 spiro atoms. The third-order valence-corrected chi connectivity index (χ3v) is 21.6. The number of aliphatic hydroxyl groups excluding tert-OH is 1. The predicted octanol–water partition coefficient (Wildman–Crippen LogP) is 24.8. The molecule has 102 heavy (non-hydrogen) atoms. The maximum absolute atomic E-state index is 13.1. The average molecular weight is 1490 g/mol. The van der Waals surface area contributed by atoms with Gasteiger partial charge in [-0.15, -0.1) is 0 Å². The van der Waals surface area contributed by atoms with Crippen molar-refractivity contribution in [2.75, 3.05) is 39.6 Å². The van der Waals surface area contributed by atoms with Crippen molar-refractivity contribution >= 4 is 39.5 Å². The number of carbonyl (C=O) groups excluding carboxylic acids is 4. The molecule has 0 heterocycles. The molecule has 0 aliphatic rings. The number of phosphoric acid groups is 2. The summed E-state index contributed by atoms with van der Waals surface area (Å²) in [6.07, 6.45) is 59.7. The van der Waals surface area contributed by atoms with Crippen LogP contribution >= 0.6 is 15.6 Å². The minimum absolute atomic E-state index is 0.106. The Bertz CT molecular complexity index is 1990. The van der Waals surface area contributed by atoms with Gasteiger partial charge in [0, 0.05) is 25.7 Å². The second-order valence-corrected chi connectivity index (χ2v) is 34.4. The van der Waals surface area contributed by atoms with Crippen LogP contribution < -0.4 is 0 Å². The van der Waals surface area contributed by atoms with Crippen LogP contribution in [0.1, 0.15) is 428 Å². The van der Waals surface area contributed by atoms with Gasteiger partial charge in [-0.3, -0.25) is 37.3 Å². The molecule has 0 rings (SSSR count). The number of carbonyl (C=O) groups is 4. The van der Waals surface area contributed by atoms with E-state index in [1.165, 1.54) is 225 Å². The van der Waals surface area contributed by atoms with Gasteiger partial charge in [0.2, 0.25) is 0 Å². The van der Waals surface area contributed by atoms with Crippen LogP contribution in [-0.4, -0.2) is 96.7 Å². The predicted molar refractivity (Wildman–Crippen MR) is 418 cm³/mol. The lowest BCUT2D eigenvalue weighted by Crippen LogP contribution is -2.30. The van der Waals surface area contributed by atoms with E-state index in [2.05, 4.69) is 55.4 Å². The molecule has 17 nitrogen and oxygen atoms in total. The number of esters is 4. The van der Waals surface area contributed by atoms with Crippen LogP contribution in [-0.2, 0) is 65.4 Å². The minimum atomic E-state index is -4.96. The Balaban J connectivity index is 5.23. The zero-order chi connectivity index (χ0) is 75.3. The van der Waals surface area contributed by atoms with Crippen LogP contribution in [0.4, 0.5) is 0 Å². The normalized spacial score (nSPS) is 14.3. The van der Waals surface area contributed by atoms with E-state index in [1.54, 1.807) is 0 Å². The first-order valence-electron chi connectivity index (χ1n) is 42.7. The van der Waals surface area contributed by atoms with Gasteiger partial charge < -0.3 is 33.8 Å². The summed E-state index contributed by atoms with van der Waals surface area (Å²) in [6.45, 7) is 14.3. The molecule has 0 bridgehead atoms. The van der Waals surface area contributed by atoms with Gasteiger partial charge in [-0.05, 0) is 49.4 Å². The first-order valence-corrected chi connectivity index (χ1v) is 45.7. The van der Waals surface area contributed by atoms with Crippen molar-refractivity contribution in [1.29, 1.82) is 0 Å². The van der Waals surface area contributed by atoms with Gasteiger partial charge in [-0.2, -0.15) is 0 Å². The lowest BCUT2D eigenvalue weighted by molar-refractivity contribution is -0.161. The highest BCUT2D eigenvalue weighted by molar-refractivity contribution is 7.47. The molecular weight excluding hydrogens is 1330 g/mol. The van der Waals surface area contributed by atoms with Crippen molar-refractivity contribution in [3.05, 3.63) is 0 Å². The Morgan fingerprint density at radius 2 is 0.471 bits per heavy atom. The van der Waals surface area contributed by atoms with Crippen molar-refractivity contribution < 1.29 is 80.2 Å². The molecule has 3 unspecified atom stereocenters. The molecule has 0 radical (unpaired) electrons. The fourth-order valence-electron chi connectivity index (χ4n) is 12.8. The van der Waals surface area contributed by atoms with E-state index in [0.29, 0.717) is 25.7 Å². The van der Waals surface area contributed by atoms with E-state index in [1.807, 2.05) is 0 Å². The Morgan fingerprint density at radius 3 is 0.696 bits per heavy atom. The molecule has 0 aliphatic carbocycles. The number of unbranched alkanes of at least 4 members (excludes halogenated alkanes) is 45. The molecule has 0 aromatic heterocycles. The summed E-state index contributed by atoms with van der Waals surface area (Å²) < 4.78 is 68.8. The largest absolute Gasteiger partial charge is 0.472 e. The lowest BCUT2D eigenvalue weighted by Gasteiger charge is -2.21. The highest BCUT2D eigenvalue weighted by atomic mass is 31.2. The van der Waals surface area contributed by atoms with Crippen LogP contribution in [0.15, 0.2) is 0 Å². The summed E-state index contributed by atoms with van der Waals surface area (Å²) in [5.41, 5.74) is 0. The molecule has 0 amide bonds. The quantitative estimate of drug-likeness (QED) is 0.0222. The fraction of sp³-hybridized carbons (Fsp3) is 0.952. The Labute approximate surface area is 626 Å². The molecule has 0 aromatic rings. The van der Waals surface area contributed by atoms with Gasteiger partial charge in [0.1, 0.15) is 19.3 Å². The third-order valence-electron chi connectivity index (χ3n) is 19.7. The van der Waals surface area contributed by atoms with Crippen molar-refractivity contribution in [3.8, 4) is 0 Å². The highest BCUT2D eigenvalue weighted by Gasteiger charge is 2.30. The molecule has 19 heteroatoms. The van der Waals surface area contributed by atoms with Gasteiger partial charge >= 0.3 is 39.5 Å². The van der Waals surface area contributed by atoms with E-state index in [4.69, 9.17) is 37.0 Å². The van der Waals surface area contributed by atoms with E-state index in [0.717, 1.165) is 120 Å². The number of hydrogen-bond donors (Lipinski definition) is 3. The third kappa shape index (κ3) is 74.9. The molecule has 3 N–H and O–H groups in total. The maximum atomic E-state index is 13.1. The molecular formula is C83H162O17P2. The van der Waals surface area contributed by atoms with Gasteiger partial charge in [-0.25, -0.2) is 9.13 Å². The van der Waals surface area contributed by atoms with Crippen molar-refractivity contribution in [2.45, 2.75) is 446 Å². The summed E-state index contributed by atoms with van der Waals surface area (Å²) in [6, 6.07) is 0. The zero-order valence-electron chi connectivity index (χ0n) is 67.2. The molecule has 0 saturated heterocycles. The first-order chi connectivity index (χ1) is 49.1. The van der Waals surface area contributed by atoms with Crippen molar-refractivity contribution in [1.82, 2.24) is 0 Å². The molecule has 0 fully saturated rings. The SMILES string of the molecule is CCC(C)CCCCCCCCC(=O)OC[C@H](COP(=O)(O)OC[C@H](O)COP(=O)(O)OC[C@@H](COC(=O)CCCCCCCCCCCCCCC(C)C)OC(=O)CCCCCCCCCCCCCCCCCCCCC(C)C)OC(=O)CCCCCCCCCCCCCCCC(C)C. The molecule has 6 atom stereocenters. The number of phosphoric ester groups is 2. The monoisotopic (exact) mass is 1490 g/mol. The van der Waals surface area contributed by atoms with E-state index in [-0.39, 0.29) is 25.7 Å².